The van der Waals surface area contributed by atoms with Crippen LogP contribution in [0.4, 0.5) is 0 Å². The molecule has 0 aliphatic heterocycles. The minimum absolute atomic E-state index is 0.899. The second kappa shape index (κ2) is 20.2. The lowest BCUT2D eigenvalue weighted by Crippen LogP contribution is -1.95. The molecular weight excluding hydrogens is 324 g/mol. The number of hydrogen-bond acceptors (Lipinski definition) is 1. The lowest BCUT2D eigenvalue weighted by Gasteiger charge is -2.03. The van der Waals surface area contributed by atoms with E-state index < -0.39 is 0 Å². The van der Waals surface area contributed by atoms with E-state index in [-0.39, 0.29) is 0 Å². The fourth-order valence-corrected chi connectivity index (χ4v) is 2.76. The zero-order chi connectivity index (χ0) is 15.4. The minimum Gasteiger partial charge on any atom is -0.381 e. The number of ether oxygens (including phenoxy) is 1. The Morgan fingerprint density at radius 1 is 0.667 bits per heavy atom. The van der Waals surface area contributed by atoms with Crippen LogP contribution in [0.1, 0.15) is 90.4 Å². The Hall–Kier alpha value is 0.180. The topological polar surface area (TPSA) is 9.23 Å². The van der Waals surface area contributed by atoms with Crippen molar-refractivity contribution in [1.29, 1.82) is 0 Å². The van der Waals surface area contributed by atoms with Crippen LogP contribution in [0.3, 0.4) is 0 Å². The number of allylic oxidation sites excluding steroid dienone is 1. The summed E-state index contributed by atoms with van der Waals surface area (Å²) in [4.78, 5) is 0. The second-order valence-electron chi connectivity index (χ2n) is 5.89. The molecular formula is C19H37BrO. The van der Waals surface area contributed by atoms with Crippen LogP contribution in [0.15, 0.2) is 12.2 Å². The number of halogens is 1. The predicted octanol–water partition coefficient (Wildman–Crippen LogP) is 7.05. The first kappa shape index (κ1) is 21.2. The van der Waals surface area contributed by atoms with E-state index in [2.05, 4.69) is 35.0 Å². The molecule has 0 fully saturated rings. The third kappa shape index (κ3) is 20.2. The predicted molar refractivity (Wildman–Crippen MR) is 99.4 cm³/mol. The minimum atomic E-state index is 0.899. The molecule has 2 heteroatoms. The molecule has 0 aromatic rings. The Bertz CT molecular complexity index is 204. The van der Waals surface area contributed by atoms with Gasteiger partial charge in [-0.15, -0.1) is 0 Å². The molecule has 0 unspecified atom stereocenters. The number of unbranched alkanes of at least 4 members (excludes halogenated alkanes) is 10. The highest BCUT2D eigenvalue weighted by Gasteiger charge is 1.91. The van der Waals surface area contributed by atoms with Gasteiger partial charge in [-0.3, -0.25) is 0 Å². The van der Waals surface area contributed by atoms with Crippen LogP contribution in [0.25, 0.3) is 0 Å². The van der Waals surface area contributed by atoms with E-state index in [1.807, 2.05) is 0 Å². The highest BCUT2D eigenvalue weighted by molar-refractivity contribution is 9.09. The summed E-state index contributed by atoms with van der Waals surface area (Å²) in [5.41, 5.74) is 0. The number of hydrogen-bond donors (Lipinski definition) is 0. The van der Waals surface area contributed by atoms with Gasteiger partial charge < -0.3 is 4.74 Å². The molecule has 0 bridgehead atoms. The summed E-state index contributed by atoms with van der Waals surface area (Å²) in [6.07, 6.45) is 21.8. The van der Waals surface area contributed by atoms with Gasteiger partial charge in [-0.25, -0.2) is 0 Å². The summed E-state index contributed by atoms with van der Waals surface area (Å²) in [5.74, 6) is 0. The molecule has 0 rings (SSSR count). The molecule has 0 saturated carbocycles. The summed E-state index contributed by atoms with van der Waals surface area (Å²) >= 11 is 3.47. The number of rotatable bonds is 17. The lowest BCUT2D eigenvalue weighted by atomic mass is 10.1. The SMILES string of the molecule is CCCCCCCCCOCC/C=C\CCCCCCBr. The average Bonchev–Trinajstić information content (AvgIpc) is 2.50. The van der Waals surface area contributed by atoms with Crippen LogP contribution < -0.4 is 0 Å². The van der Waals surface area contributed by atoms with Crippen LogP contribution in [-0.4, -0.2) is 18.5 Å². The van der Waals surface area contributed by atoms with Crippen molar-refractivity contribution in [2.75, 3.05) is 18.5 Å². The van der Waals surface area contributed by atoms with Gasteiger partial charge in [0.25, 0.3) is 0 Å². The van der Waals surface area contributed by atoms with Crippen molar-refractivity contribution in [1.82, 2.24) is 0 Å². The molecule has 126 valence electrons. The van der Waals surface area contributed by atoms with E-state index in [1.165, 1.54) is 77.0 Å². The van der Waals surface area contributed by atoms with Crippen molar-refractivity contribution in [3.63, 3.8) is 0 Å². The molecule has 0 amide bonds. The maximum absolute atomic E-state index is 5.66. The highest BCUT2D eigenvalue weighted by Crippen LogP contribution is 2.07. The van der Waals surface area contributed by atoms with Crippen LogP contribution in [0.5, 0.6) is 0 Å². The van der Waals surface area contributed by atoms with E-state index in [0.717, 1.165) is 25.0 Å². The van der Waals surface area contributed by atoms with Crippen LogP contribution >= 0.6 is 15.9 Å². The highest BCUT2D eigenvalue weighted by atomic mass is 79.9. The zero-order valence-electron chi connectivity index (χ0n) is 14.3. The first-order valence-corrected chi connectivity index (χ1v) is 10.3. The molecule has 0 spiro atoms. The molecule has 0 saturated heterocycles. The zero-order valence-corrected chi connectivity index (χ0v) is 15.8. The summed E-state index contributed by atoms with van der Waals surface area (Å²) in [5, 5.41) is 1.15. The summed E-state index contributed by atoms with van der Waals surface area (Å²) < 4.78 is 5.66. The molecule has 0 heterocycles. The molecule has 0 N–H and O–H groups in total. The van der Waals surface area contributed by atoms with Crippen molar-refractivity contribution in [2.45, 2.75) is 90.4 Å². The Morgan fingerprint density at radius 2 is 1.29 bits per heavy atom. The first-order valence-electron chi connectivity index (χ1n) is 9.20. The Labute approximate surface area is 142 Å². The van der Waals surface area contributed by atoms with E-state index in [0.29, 0.717) is 0 Å². The lowest BCUT2D eigenvalue weighted by molar-refractivity contribution is 0.134. The first-order chi connectivity index (χ1) is 10.4. The fraction of sp³-hybridized carbons (Fsp3) is 0.895. The summed E-state index contributed by atoms with van der Waals surface area (Å²) in [6.45, 7) is 4.12. The molecule has 0 aliphatic carbocycles. The molecule has 0 aromatic heterocycles. The smallest absolute Gasteiger partial charge is 0.0500 e. The maximum atomic E-state index is 5.66. The van der Waals surface area contributed by atoms with Crippen molar-refractivity contribution in [3.05, 3.63) is 12.2 Å². The monoisotopic (exact) mass is 360 g/mol. The van der Waals surface area contributed by atoms with Crippen molar-refractivity contribution in [3.8, 4) is 0 Å². The third-order valence-electron chi connectivity index (χ3n) is 3.74. The second-order valence-corrected chi connectivity index (χ2v) is 6.68. The Morgan fingerprint density at radius 3 is 2.05 bits per heavy atom. The quantitative estimate of drug-likeness (QED) is 0.153. The largest absolute Gasteiger partial charge is 0.381 e. The van der Waals surface area contributed by atoms with Gasteiger partial charge >= 0.3 is 0 Å². The molecule has 0 atom stereocenters. The molecule has 0 radical (unpaired) electrons. The van der Waals surface area contributed by atoms with Crippen LogP contribution in [0.2, 0.25) is 0 Å². The Kier molecular flexibility index (Phi) is 20.4. The van der Waals surface area contributed by atoms with Crippen LogP contribution in [0, 0.1) is 0 Å². The van der Waals surface area contributed by atoms with Gasteiger partial charge in [-0.05, 0) is 32.1 Å². The van der Waals surface area contributed by atoms with Crippen LogP contribution in [-0.2, 0) is 4.74 Å². The molecule has 1 nitrogen and oxygen atoms in total. The molecule has 21 heavy (non-hydrogen) atoms. The van der Waals surface area contributed by atoms with Crippen molar-refractivity contribution < 1.29 is 4.74 Å². The summed E-state index contributed by atoms with van der Waals surface area (Å²) in [6, 6.07) is 0. The van der Waals surface area contributed by atoms with E-state index in [1.54, 1.807) is 0 Å². The molecule has 0 aliphatic rings. The third-order valence-corrected chi connectivity index (χ3v) is 4.30. The Balaban J connectivity index is 3.01. The van der Waals surface area contributed by atoms with E-state index in [4.69, 9.17) is 4.74 Å². The summed E-state index contributed by atoms with van der Waals surface area (Å²) in [7, 11) is 0. The maximum Gasteiger partial charge on any atom is 0.0500 e. The van der Waals surface area contributed by atoms with E-state index in [9.17, 15) is 0 Å². The average molecular weight is 361 g/mol. The van der Waals surface area contributed by atoms with E-state index >= 15 is 0 Å². The van der Waals surface area contributed by atoms with Gasteiger partial charge in [0.05, 0.1) is 6.61 Å². The van der Waals surface area contributed by atoms with Gasteiger partial charge in [0, 0.05) is 11.9 Å². The normalized spacial score (nSPS) is 11.5. The molecule has 0 aromatic carbocycles. The van der Waals surface area contributed by atoms with Gasteiger partial charge in [-0.2, -0.15) is 0 Å². The standard InChI is InChI=1S/C19H37BrO/c1-2-3-4-5-9-12-15-18-21-19-16-13-10-7-6-8-11-14-17-20/h10,13H,2-9,11-12,14-19H2,1H3/b13-10-. The van der Waals surface area contributed by atoms with Gasteiger partial charge in [0.15, 0.2) is 0 Å². The van der Waals surface area contributed by atoms with Crippen molar-refractivity contribution in [2.24, 2.45) is 0 Å². The van der Waals surface area contributed by atoms with Crippen molar-refractivity contribution >= 4 is 15.9 Å². The number of alkyl halides is 1. The van der Waals surface area contributed by atoms with Gasteiger partial charge in [0.2, 0.25) is 0 Å². The fourth-order valence-electron chi connectivity index (χ4n) is 2.36. The van der Waals surface area contributed by atoms with Gasteiger partial charge in [0.1, 0.15) is 0 Å². The van der Waals surface area contributed by atoms with Gasteiger partial charge in [-0.1, -0.05) is 86.4 Å².